The van der Waals surface area contributed by atoms with Crippen molar-refractivity contribution >= 4 is 43.7 Å². The number of para-hydroxylation sites is 1. The van der Waals surface area contributed by atoms with E-state index in [1.54, 1.807) is 0 Å². The summed E-state index contributed by atoms with van der Waals surface area (Å²) in [7, 11) is 0. The first-order chi connectivity index (χ1) is 27.7. The molecule has 2 heteroatoms. The van der Waals surface area contributed by atoms with Crippen molar-refractivity contribution in [1.82, 2.24) is 4.57 Å². The zero-order valence-electron chi connectivity index (χ0n) is 30.6. The Morgan fingerprint density at radius 3 is 1.29 bits per heavy atom. The van der Waals surface area contributed by atoms with Gasteiger partial charge in [-0.25, -0.2) is 0 Å². The second-order valence-electron chi connectivity index (χ2n) is 14.6. The van der Waals surface area contributed by atoms with Gasteiger partial charge in [0, 0.05) is 27.2 Å². The first kappa shape index (κ1) is 32.0. The molecule has 0 spiro atoms. The topological polar surface area (TPSA) is 18.1 Å². The highest BCUT2D eigenvalue weighted by molar-refractivity contribution is 6.11. The maximum atomic E-state index is 6.44. The molecule has 11 aromatic rings. The third kappa shape index (κ3) is 5.51. The smallest absolute Gasteiger partial charge is 0.135 e. The lowest BCUT2D eigenvalue weighted by Gasteiger charge is -2.11. The van der Waals surface area contributed by atoms with E-state index in [1.807, 2.05) is 0 Å². The molecule has 0 fully saturated rings. The van der Waals surface area contributed by atoms with E-state index in [1.165, 1.54) is 66.3 Å². The summed E-state index contributed by atoms with van der Waals surface area (Å²) in [5.41, 5.74) is 17.2. The van der Waals surface area contributed by atoms with Crippen LogP contribution in [0.15, 0.2) is 217 Å². The third-order valence-electron chi connectivity index (χ3n) is 11.2. The monoisotopic (exact) mass is 713 g/mol. The average molecular weight is 714 g/mol. The SMILES string of the molecule is c1ccc(-c2cc(-c3ccccc3)cc(-c3ccc4oc5ccc(-c6ccc7c(c6)c6ccccc6n7-c6cccc(-c7ccccc7)c6)cc5c4c3)c2)cc1. The zero-order valence-corrected chi connectivity index (χ0v) is 30.6. The molecular formula is C54H35NO. The van der Waals surface area contributed by atoms with Gasteiger partial charge in [-0.05, 0) is 128 Å². The van der Waals surface area contributed by atoms with Gasteiger partial charge in [-0.1, -0.05) is 140 Å². The molecule has 9 aromatic carbocycles. The van der Waals surface area contributed by atoms with E-state index < -0.39 is 0 Å². The van der Waals surface area contributed by atoms with Crippen molar-refractivity contribution in [2.45, 2.75) is 0 Å². The fourth-order valence-corrected chi connectivity index (χ4v) is 8.41. The van der Waals surface area contributed by atoms with E-state index in [9.17, 15) is 0 Å². The Labute approximate surface area is 325 Å². The number of benzene rings is 9. The Morgan fingerprint density at radius 1 is 0.250 bits per heavy atom. The van der Waals surface area contributed by atoms with Gasteiger partial charge in [0.2, 0.25) is 0 Å². The van der Waals surface area contributed by atoms with Crippen LogP contribution in [-0.4, -0.2) is 4.57 Å². The molecule has 0 aliphatic heterocycles. The summed E-state index contributed by atoms with van der Waals surface area (Å²) in [6.45, 7) is 0. The number of aromatic nitrogens is 1. The first-order valence-electron chi connectivity index (χ1n) is 19.2. The molecule has 11 rings (SSSR count). The quantitative estimate of drug-likeness (QED) is 0.168. The lowest BCUT2D eigenvalue weighted by molar-refractivity contribution is 0.669. The molecule has 0 saturated heterocycles. The van der Waals surface area contributed by atoms with Crippen LogP contribution in [0.5, 0.6) is 0 Å². The highest BCUT2D eigenvalue weighted by Crippen LogP contribution is 2.40. The van der Waals surface area contributed by atoms with Crippen molar-refractivity contribution in [3.05, 3.63) is 212 Å². The third-order valence-corrected chi connectivity index (χ3v) is 11.2. The summed E-state index contributed by atoms with van der Waals surface area (Å²) < 4.78 is 8.83. The van der Waals surface area contributed by atoms with Gasteiger partial charge in [0.15, 0.2) is 0 Å². The van der Waals surface area contributed by atoms with Crippen LogP contribution in [0.2, 0.25) is 0 Å². The molecule has 0 saturated carbocycles. The van der Waals surface area contributed by atoms with Gasteiger partial charge in [-0.2, -0.15) is 0 Å². The molecule has 0 radical (unpaired) electrons. The molecule has 0 aliphatic carbocycles. The molecule has 0 bridgehead atoms. The van der Waals surface area contributed by atoms with Crippen LogP contribution in [0.1, 0.15) is 0 Å². The van der Waals surface area contributed by atoms with Crippen molar-refractivity contribution in [2.75, 3.05) is 0 Å². The van der Waals surface area contributed by atoms with Crippen LogP contribution in [0.25, 0.3) is 105 Å². The molecule has 2 aromatic heterocycles. The first-order valence-corrected chi connectivity index (χ1v) is 19.2. The summed E-state index contributed by atoms with van der Waals surface area (Å²) in [5.74, 6) is 0. The van der Waals surface area contributed by atoms with Crippen LogP contribution in [-0.2, 0) is 0 Å². The summed E-state index contributed by atoms with van der Waals surface area (Å²) in [5, 5.41) is 4.69. The van der Waals surface area contributed by atoms with Crippen molar-refractivity contribution in [3.8, 4) is 61.3 Å². The average Bonchev–Trinajstić information content (AvgIpc) is 3.82. The highest BCUT2D eigenvalue weighted by atomic mass is 16.3. The minimum atomic E-state index is 0.889. The molecule has 0 unspecified atom stereocenters. The van der Waals surface area contributed by atoms with Gasteiger partial charge < -0.3 is 8.98 Å². The zero-order chi connectivity index (χ0) is 37.0. The standard InChI is InChI=1S/C54H35NO/c1-4-13-36(14-5-1)39-19-12-20-46(32-39)55-51-22-11-10-21-47(51)48-33-40(23-26-52(48)55)41-24-27-53-49(34-41)50-35-42(25-28-54(50)56-53)45-30-43(37-15-6-2-7-16-37)29-44(31-45)38-17-8-3-9-18-38/h1-35H. The normalized spacial score (nSPS) is 11.6. The maximum Gasteiger partial charge on any atom is 0.135 e. The van der Waals surface area contributed by atoms with Crippen molar-refractivity contribution in [3.63, 3.8) is 0 Å². The van der Waals surface area contributed by atoms with E-state index in [0.717, 1.165) is 38.8 Å². The minimum absolute atomic E-state index is 0.889. The molecule has 0 N–H and O–H groups in total. The summed E-state index contributed by atoms with van der Waals surface area (Å²) in [4.78, 5) is 0. The number of hydrogen-bond acceptors (Lipinski definition) is 1. The largest absolute Gasteiger partial charge is 0.456 e. The van der Waals surface area contributed by atoms with Crippen molar-refractivity contribution in [1.29, 1.82) is 0 Å². The van der Waals surface area contributed by atoms with E-state index in [0.29, 0.717) is 0 Å². The molecule has 0 aliphatic rings. The molecule has 0 atom stereocenters. The van der Waals surface area contributed by atoms with Crippen LogP contribution < -0.4 is 0 Å². The van der Waals surface area contributed by atoms with E-state index in [4.69, 9.17) is 4.42 Å². The maximum absolute atomic E-state index is 6.44. The summed E-state index contributed by atoms with van der Waals surface area (Å²) >= 11 is 0. The summed E-state index contributed by atoms with van der Waals surface area (Å²) in [6, 6.07) is 76.5. The van der Waals surface area contributed by atoms with Gasteiger partial charge in [0.05, 0.1) is 11.0 Å². The lowest BCUT2D eigenvalue weighted by atomic mass is 9.93. The number of furan rings is 1. The van der Waals surface area contributed by atoms with Crippen molar-refractivity contribution < 1.29 is 4.42 Å². The van der Waals surface area contributed by atoms with Gasteiger partial charge in [0.1, 0.15) is 11.2 Å². The minimum Gasteiger partial charge on any atom is -0.456 e. The van der Waals surface area contributed by atoms with Crippen LogP contribution in [0, 0.1) is 0 Å². The molecule has 56 heavy (non-hydrogen) atoms. The van der Waals surface area contributed by atoms with E-state index in [2.05, 4.69) is 217 Å². The lowest BCUT2D eigenvalue weighted by Crippen LogP contribution is -1.94. The Kier molecular flexibility index (Phi) is 7.53. The van der Waals surface area contributed by atoms with Gasteiger partial charge >= 0.3 is 0 Å². The van der Waals surface area contributed by atoms with Gasteiger partial charge in [0.25, 0.3) is 0 Å². The molecule has 2 heterocycles. The number of rotatable bonds is 6. The van der Waals surface area contributed by atoms with E-state index >= 15 is 0 Å². The predicted molar refractivity (Wildman–Crippen MR) is 235 cm³/mol. The van der Waals surface area contributed by atoms with Crippen LogP contribution in [0.4, 0.5) is 0 Å². The molecular weight excluding hydrogens is 679 g/mol. The second-order valence-corrected chi connectivity index (χ2v) is 14.6. The molecule has 262 valence electrons. The molecule has 2 nitrogen and oxygen atoms in total. The summed E-state index contributed by atoms with van der Waals surface area (Å²) in [6.07, 6.45) is 0. The second kappa shape index (κ2) is 13.2. The fourth-order valence-electron chi connectivity index (χ4n) is 8.41. The van der Waals surface area contributed by atoms with E-state index in [-0.39, 0.29) is 0 Å². The Balaban J connectivity index is 1.03. The predicted octanol–water partition coefficient (Wildman–Crippen LogP) is 15.0. The number of nitrogens with zero attached hydrogens (tertiary/aromatic N) is 1. The van der Waals surface area contributed by atoms with Crippen LogP contribution in [0.3, 0.4) is 0 Å². The highest BCUT2D eigenvalue weighted by Gasteiger charge is 2.16. The van der Waals surface area contributed by atoms with Gasteiger partial charge in [-0.15, -0.1) is 0 Å². The number of fused-ring (bicyclic) bond motifs is 6. The van der Waals surface area contributed by atoms with Crippen LogP contribution >= 0.6 is 0 Å². The number of hydrogen-bond donors (Lipinski definition) is 0. The Hall–Kier alpha value is -7.42. The Morgan fingerprint density at radius 2 is 0.679 bits per heavy atom. The van der Waals surface area contributed by atoms with Gasteiger partial charge in [-0.3, -0.25) is 0 Å². The Bertz CT molecular complexity index is 3170. The fraction of sp³-hybridized carbons (Fsp3) is 0. The van der Waals surface area contributed by atoms with Crippen molar-refractivity contribution in [2.24, 2.45) is 0 Å². The molecule has 0 amide bonds.